The Kier molecular flexibility index (Phi) is 1.70. The average Bonchev–Trinajstić information content (AvgIpc) is 2.40. The van der Waals surface area contributed by atoms with Crippen LogP contribution >= 0.6 is 22.3 Å². The summed E-state index contributed by atoms with van der Waals surface area (Å²) >= 11 is 5.38. The summed E-state index contributed by atoms with van der Waals surface area (Å²) in [6.45, 7) is 0. The lowest BCUT2D eigenvalue weighted by atomic mass is 10.5. The zero-order valence-corrected chi connectivity index (χ0v) is 6.93. The highest BCUT2D eigenvalue weighted by Crippen LogP contribution is 2.46. The van der Waals surface area contributed by atoms with E-state index in [0.29, 0.717) is 12.8 Å². The van der Waals surface area contributed by atoms with Gasteiger partial charge in [0.15, 0.2) is 0 Å². The van der Waals surface area contributed by atoms with Gasteiger partial charge in [-0.3, -0.25) is 0 Å². The fourth-order valence-electron chi connectivity index (χ4n) is 0.582. The minimum absolute atomic E-state index is 0.124. The zero-order valence-electron chi connectivity index (χ0n) is 4.60. The first-order chi connectivity index (χ1) is 4.02. The summed E-state index contributed by atoms with van der Waals surface area (Å²) in [5.41, 5.74) is 0. The summed E-state index contributed by atoms with van der Waals surface area (Å²) in [6, 6.07) is 0. The van der Waals surface area contributed by atoms with Crippen molar-refractivity contribution in [2.24, 2.45) is 0 Å². The van der Waals surface area contributed by atoms with Gasteiger partial charge in [-0.1, -0.05) is 0 Å². The van der Waals surface area contributed by atoms with Crippen molar-refractivity contribution in [1.29, 1.82) is 0 Å². The predicted octanol–water partition coefficient (Wildman–Crippen LogP) is 1.33. The summed E-state index contributed by atoms with van der Waals surface area (Å²) in [4.78, 5) is 0. The Morgan fingerprint density at radius 3 is 1.89 bits per heavy atom. The Bertz CT molecular complexity index is 205. The topological polar surface area (TPSA) is 34.1 Å². The molecule has 0 saturated heterocycles. The van der Waals surface area contributed by atoms with Crippen molar-refractivity contribution < 1.29 is 8.42 Å². The molecule has 0 unspecified atom stereocenters. The summed E-state index contributed by atoms with van der Waals surface area (Å²) in [7, 11) is 1.67. The molecule has 1 aliphatic carbocycles. The van der Waals surface area contributed by atoms with Gasteiger partial charge in [0.25, 0.3) is 0 Å². The van der Waals surface area contributed by atoms with E-state index in [4.69, 9.17) is 22.3 Å². The van der Waals surface area contributed by atoms with Crippen LogP contribution in [0.2, 0.25) is 0 Å². The smallest absolute Gasteiger partial charge is 0.212 e. The van der Waals surface area contributed by atoms with Crippen molar-refractivity contribution in [3.8, 4) is 0 Å². The van der Waals surface area contributed by atoms with E-state index in [2.05, 4.69) is 0 Å². The van der Waals surface area contributed by atoms with Crippen molar-refractivity contribution in [2.45, 2.75) is 17.6 Å². The molecule has 0 aliphatic heterocycles. The predicted molar refractivity (Wildman–Crippen MR) is 37.5 cm³/mol. The van der Waals surface area contributed by atoms with E-state index in [-0.39, 0.29) is 5.88 Å². The standard InChI is InChI=1S/C4H6Cl2O2S/c5-3-4(1-2-4)9(6,7)8/h1-3H2. The second kappa shape index (κ2) is 2.01. The Morgan fingerprint density at radius 2 is 1.89 bits per heavy atom. The SMILES string of the molecule is O=S(=O)(Cl)C1(CCl)CC1. The summed E-state index contributed by atoms with van der Waals surface area (Å²) in [5.74, 6) is 0.124. The molecule has 0 radical (unpaired) electrons. The highest BCUT2D eigenvalue weighted by Gasteiger charge is 2.53. The van der Waals surface area contributed by atoms with E-state index in [9.17, 15) is 8.42 Å². The molecule has 0 spiro atoms. The van der Waals surface area contributed by atoms with Gasteiger partial charge in [-0.2, -0.15) is 0 Å². The maximum Gasteiger partial charge on any atom is 0.239 e. The van der Waals surface area contributed by atoms with Crippen LogP contribution < -0.4 is 0 Å². The van der Waals surface area contributed by atoms with Crippen LogP contribution in [0, 0.1) is 0 Å². The molecule has 1 saturated carbocycles. The fourth-order valence-corrected chi connectivity index (χ4v) is 2.79. The van der Waals surface area contributed by atoms with Gasteiger partial charge in [-0.05, 0) is 12.8 Å². The summed E-state index contributed by atoms with van der Waals surface area (Å²) < 4.78 is 20.5. The van der Waals surface area contributed by atoms with Gasteiger partial charge in [0.2, 0.25) is 9.05 Å². The molecular weight excluding hydrogens is 183 g/mol. The molecule has 0 bridgehead atoms. The lowest BCUT2D eigenvalue weighted by Gasteiger charge is -2.03. The van der Waals surface area contributed by atoms with Gasteiger partial charge >= 0.3 is 0 Å². The van der Waals surface area contributed by atoms with E-state index < -0.39 is 13.8 Å². The van der Waals surface area contributed by atoms with Crippen LogP contribution in [0.15, 0.2) is 0 Å². The molecule has 0 aromatic carbocycles. The second-order valence-electron chi connectivity index (χ2n) is 2.25. The lowest BCUT2D eigenvalue weighted by Crippen LogP contribution is -2.19. The van der Waals surface area contributed by atoms with Crippen LogP contribution in [0.1, 0.15) is 12.8 Å². The molecule has 1 fully saturated rings. The largest absolute Gasteiger partial charge is 0.239 e. The Labute approximate surface area is 63.6 Å². The minimum atomic E-state index is -3.40. The molecule has 0 heterocycles. The van der Waals surface area contributed by atoms with Crippen LogP contribution in [0.25, 0.3) is 0 Å². The van der Waals surface area contributed by atoms with Gasteiger partial charge in [0.05, 0.1) is 0 Å². The zero-order chi connectivity index (χ0) is 7.12. The third-order valence-corrected chi connectivity index (χ3v) is 4.81. The van der Waals surface area contributed by atoms with Crippen molar-refractivity contribution >= 4 is 31.3 Å². The summed E-state index contributed by atoms with van der Waals surface area (Å²) in [5, 5.41) is 0. The van der Waals surface area contributed by atoms with E-state index in [0.717, 1.165) is 0 Å². The summed E-state index contributed by atoms with van der Waals surface area (Å²) in [6.07, 6.45) is 1.23. The second-order valence-corrected chi connectivity index (χ2v) is 5.48. The van der Waals surface area contributed by atoms with Crippen molar-refractivity contribution in [3.05, 3.63) is 0 Å². The molecule has 0 amide bonds. The van der Waals surface area contributed by atoms with Crippen LogP contribution in [0.5, 0.6) is 0 Å². The first-order valence-corrected chi connectivity index (χ1v) is 5.36. The first kappa shape index (κ1) is 7.63. The van der Waals surface area contributed by atoms with Crippen LogP contribution in [0.3, 0.4) is 0 Å². The molecule has 1 rings (SSSR count). The van der Waals surface area contributed by atoms with Crippen LogP contribution in [0.4, 0.5) is 0 Å². The first-order valence-electron chi connectivity index (χ1n) is 2.52. The molecular formula is C4H6Cl2O2S. The van der Waals surface area contributed by atoms with E-state index in [1.165, 1.54) is 0 Å². The van der Waals surface area contributed by atoms with E-state index in [1.54, 1.807) is 0 Å². The number of rotatable bonds is 2. The number of halogens is 2. The minimum Gasteiger partial charge on any atom is -0.212 e. The maximum absolute atomic E-state index is 10.6. The number of alkyl halides is 1. The monoisotopic (exact) mass is 188 g/mol. The normalized spacial score (nSPS) is 23.8. The molecule has 0 aromatic rings. The highest BCUT2D eigenvalue weighted by atomic mass is 35.7. The van der Waals surface area contributed by atoms with Gasteiger partial charge in [0.1, 0.15) is 4.75 Å². The fraction of sp³-hybridized carbons (Fsp3) is 1.00. The molecule has 0 atom stereocenters. The Hall–Kier alpha value is 0.530. The Morgan fingerprint density at radius 1 is 1.44 bits per heavy atom. The lowest BCUT2D eigenvalue weighted by molar-refractivity contribution is 0.597. The van der Waals surface area contributed by atoms with Crippen molar-refractivity contribution in [2.75, 3.05) is 5.88 Å². The quantitative estimate of drug-likeness (QED) is 0.485. The number of hydrogen-bond donors (Lipinski definition) is 0. The van der Waals surface area contributed by atoms with E-state index >= 15 is 0 Å². The molecule has 5 heteroatoms. The molecule has 0 aromatic heterocycles. The third-order valence-electron chi connectivity index (χ3n) is 1.57. The van der Waals surface area contributed by atoms with Crippen molar-refractivity contribution in [1.82, 2.24) is 0 Å². The van der Waals surface area contributed by atoms with Gasteiger partial charge in [0, 0.05) is 16.6 Å². The van der Waals surface area contributed by atoms with Crippen LogP contribution in [-0.2, 0) is 9.05 Å². The average molecular weight is 189 g/mol. The van der Waals surface area contributed by atoms with Gasteiger partial charge in [-0.15, -0.1) is 11.6 Å². The molecule has 1 aliphatic rings. The third kappa shape index (κ3) is 1.18. The maximum atomic E-state index is 10.6. The molecule has 2 nitrogen and oxygen atoms in total. The number of hydrogen-bond acceptors (Lipinski definition) is 2. The molecule has 54 valence electrons. The highest BCUT2D eigenvalue weighted by molar-refractivity contribution is 8.15. The Balaban J connectivity index is 2.85. The molecule has 9 heavy (non-hydrogen) atoms. The van der Waals surface area contributed by atoms with Crippen molar-refractivity contribution in [3.63, 3.8) is 0 Å². The van der Waals surface area contributed by atoms with Gasteiger partial charge in [-0.25, -0.2) is 8.42 Å². The van der Waals surface area contributed by atoms with Crippen LogP contribution in [-0.4, -0.2) is 19.0 Å². The van der Waals surface area contributed by atoms with Gasteiger partial charge < -0.3 is 0 Å². The molecule has 0 N–H and O–H groups in total. The van der Waals surface area contributed by atoms with E-state index in [1.807, 2.05) is 0 Å².